The van der Waals surface area contributed by atoms with Crippen molar-refractivity contribution >= 4 is 23.3 Å². The van der Waals surface area contributed by atoms with Crippen molar-refractivity contribution in [3.8, 4) is 0 Å². The van der Waals surface area contributed by atoms with Crippen molar-refractivity contribution in [2.45, 2.75) is 51.7 Å². The van der Waals surface area contributed by atoms with Crippen LogP contribution in [0.15, 0.2) is 24.5 Å². The lowest BCUT2D eigenvalue weighted by Crippen LogP contribution is -2.41. The van der Waals surface area contributed by atoms with Crippen molar-refractivity contribution < 1.29 is 4.79 Å². The number of nitrogens with zero attached hydrogens (tertiary/aromatic N) is 3. The lowest BCUT2D eigenvalue weighted by Gasteiger charge is -2.27. The van der Waals surface area contributed by atoms with Gasteiger partial charge in [0, 0.05) is 30.0 Å². The number of aromatic nitrogens is 3. The first-order valence-electron chi connectivity index (χ1n) is 8.31. The average Bonchev–Trinajstić information content (AvgIpc) is 3.01. The Bertz CT molecular complexity index is 712. The van der Waals surface area contributed by atoms with Gasteiger partial charge in [0.15, 0.2) is 0 Å². The fourth-order valence-corrected chi connectivity index (χ4v) is 3.24. The highest BCUT2D eigenvalue weighted by molar-refractivity contribution is 6.30. The van der Waals surface area contributed by atoms with Gasteiger partial charge in [-0.1, -0.05) is 11.6 Å². The van der Waals surface area contributed by atoms with Gasteiger partial charge in [0.05, 0.1) is 17.3 Å². The second-order valence-electron chi connectivity index (χ2n) is 6.05. The molecule has 0 aliphatic heterocycles. The first-order chi connectivity index (χ1) is 11.6. The summed E-state index contributed by atoms with van der Waals surface area (Å²) in [5.74, 6) is 0.390. The number of amides is 1. The van der Waals surface area contributed by atoms with Crippen LogP contribution >= 0.6 is 11.6 Å². The van der Waals surface area contributed by atoms with Gasteiger partial charge < -0.3 is 5.32 Å². The maximum absolute atomic E-state index is 12.4. The first-order valence-corrected chi connectivity index (χ1v) is 8.69. The van der Waals surface area contributed by atoms with E-state index in [1.165, 1.54) is 17.5 Å². The molecule has 0 saturated carbocycles. The minimum absolute atomic E-state index is 0.111. The van der Waals surface area contributed by atoms with Crippen LogP contribution in [0.4, 0.5) is 5.82 Å². The molecule has 0 saturated heterocycles. The Balaban J connectivity index is 1.64. The lowest BCUT2D eigenvalue weighted by atomic mass is 9.92. The summed E-state index contributed by atoms with van der Waals surface area (Å²) in [6.45, 7) is 4.84. The highest BCUT2D eigenvalue weighted by atomic mass is 35.5. The minimum Gasteiger partial charge on any atom is -0.309 e. The Kier molecular flexibility index (Phi) is 5.16. The van der Waals surface area contributed by atoms with E-state index in [4.69, 9.17) is 11.6 Å². The second-order valence-corrected chi connectivity index (χ2v) is 6.48. The molecular weight excluding hydrogens is 326 g/mol. The van der Waals surface area contributed by atoms with E-state index >= 15 is 0 Å². The molecule has 2 atom stereocenters. The van der Waals surface area contributed by atoms with Gasteiger partial charge in [-0.25, -0.2) is 4.98 Å². The van der Waals surface area contributed by atoms with Crippen molar-refractivity contribution in [3.63, 3.8) is 0 Å². The Morgan fingerprint density at radius 2 is 2.29 bits per heavy atom. The van der Waals surface area contributed by atoms with E-state index in [0.717, 1.165) is 25.8 Å². The van der Waals surface area contributed by atoms with E-state index in [9.17, 15) is 4.79 Å². The van der Waals surface area contributed by atoms with Gasteiger partial charge >= 0.3 is 0 Å². The number of pyridine rings is 1. The lowest BCUT2D eigenvalue weighted by molar-refractivity contribution is -0.118. The summed E-state index contributed by atoms with van der Waals surface area (Å²) in [5.41, 5.74) is 2.50. The van der Waals surface area contributed by atoms with E-state index < -0.39 is 0 Å². The second kappa shape index (κ2) is 7.32. The molecule has 7 heteroatoms. The Morgan fingerprint density at radius 3 is 3.00 bits per heavy atom. The Morgan fingerprint density at radius 1 is 1.46 bits per heavy atom. The van der Waals surface area contributed by atoms with Gasteiger partial charge in [0.25, 0.3) is 0 Å². The van der Waals surface area contributed by atoms with Crippen LogP contribution in [-0.2, 0) is 17.8 Å². The van der Waals surface area contributed by atoms with Crippen LogP contribution in [0.25, 0.3) is 0 Å². The number of carbonyl (C=O) groups is 1. The van der Waals surface area contributed by atoms with Crippen LogP contribution in [-0.4, -0.2) is 26.7 Å². The number of halogens is 1. The highest BCUT2D eigenvalue weighted by Gasteiger charge is 2.26. The molecule has 1 aliphatic carbocycles. The first kappa shape index (κ1) is 16.9. The molecule has 0 spiro atoms. The van der Waals surface area contributed by atoms with Crippen LogP contribution in [0.1, 0.15) is 44.0 Å². The summed E-state index contributed by atoms with van der Waals surface area (Å²) >= 11 is 5.81. The van der Waals surface area contributed by atoms with Crippen molar-refractivity contribution in [2.24, 2.45) is 0 Å². The zero-order valence-corrected chi connectivity index (χ0v) is 14.7. The number of aryl methyl sites for hydroxylation is 1. The fourth-order valence-electron chi connectivity index (χ4n) is 3.13. The summed E-state index contributed by atoms with van der Waals surface area (Å²) in [7, 11) is 0. The van der Waals surface area contributed by atoms with E-state index in [0.29, 0.717) is 10.8 Å². The monoisotopic (exact) mass is 347 g/mol. The molecule has 2 N–H and O–H groups in total. The smallest absolute Gasteiger partial charge is 0.242 e. The molecule has 2 aromatic rings. The zero-order valence-electron chi connectivity index (χ0n) is 13.9. The molecule has 2 unspecified atom stereocenters. The molecule has 0 bridgehead atoms. The van der Waals surface area contributed by atoms with Crippen molar-refractivity contribution in [1.29, 1.82) is 0 Å². The number of rotatable bonds is 5. The molecule has 1 amide bonds. The number of fused-ring (bicyclic) bond motifs is 1. The fraction of sp³-hybridized carbons (Fsp3) is 0.471. The van der Waals surface area contributed by atoms with Gasteiger partial charge in [-0.05, 0) is 45.2 Å². The summed E-state index contributed by atoms with van der Waals surface area (Å²) in [6.07, 6.45) is 6.61. The largest absolute Gasteiger partial charge is 0.309 e. The topological polar surface area (TPSA) is 71.8 Å². The number of hydrogen-bond donors (Lipinski definition) is 2. The molecule has 1 aliphatic rings. The predicted octanol–water partition coefficient (Wildman–Crippen LogP) is 2.95. The third-order valence-electron chi connectivity index (χ3n) is 4.39. The van der Waals surface area contributed by atoms with Gasteiger partial charge in [-0.3, -0.25) is 14.8 Å². The average molecular weight is 348 g/mol. The van der Waals surface area contributed by atoms with E-state index in [1.807, 2.05) is 17.8 Å². The molecule has 0 radical (unpaired) electrons. The van der Waals surface area contributed by atoms with Crippen molar-refractivity contribution in [2.75, 3.05) is 5.32 Å². The predicted molar refractivity (Wildman–Crippen MR) is 94.1 cm³/mol. The molecule has 3 rings (SSSR count). The molecule has 0 fully saturated rings. The summed E-state index contributed by atoms with van der Waals surface area (Å²) in [5, 5.41) is 11.2. The Labute approximate surface area is 146 Å². The summed E-state index contributed by atoms with van der Waals surface area (Å²) in [6, 6.07) is 3.22. The molecule has 128 valence electrons. The molecule has 24 heavy (non-hydrogen) atoms. The van der Waals surface area contributed by atoms with Crippen LogP contribution < -0.4 is 10.6 Å². The van der Waals surface area contributed by atoms with Crippen LogP contribution in [0, 0.1) is 0 Å². The quantitative estimate of drug-likeness (QED) is 0.872. The van der Waals surface area contributed by atoms with Crippen LogP contribution in [0.5, 0.6) is 0 Å². The number of hydrogen-bond acceptors (Lipinski definition) is 4. The normalized spacial score (nSPS) is 18.0. The summed E-state index contributed by atoms with van der Waals surface area (Å²) in [4.78, 5) is 16.5. The summed E-state index contributed by atoms with van der Waals surface area (Å²) < 4.78 is 2.05. The van der Waals surface area contributed by atoms with E-state index in [2.05, 4.69) is 27.6 Å². The van der Waals surface area contributed by atoms with Crippen LogP contribution in [0.3, 0.4) is 0 Å². The standard InChI is InChI=1S/C17H22ClN5O/c1-3-23-15-6-4-5-14(13(15)10-20-23)21-11(2)17(24)22-16-8-7-12(18)9-19-16/h7-11,14,21H,3-6H2,1-2H3,(H,19,22,24). The van der Waals surface area contributed by atoms with Gasteiger partial charge in [-0.15, -0.1) is 0 Å². The maximum Gasteiger partial charge on any atom is 0.242 e. The molecule has 0 aromatic carbocycles. The zero-order chi connectivity index (χ0) is 17.1. The third-order valence-corrected chi connectivity index (χ3v) is 4.61. The minimum atomic E-state index is -0.330. The molecular formula is C17H22ClN5O. The maximum atomic E-state index is 12.4. The number of anilines is 1. The van der Waals surface area contributed by atoms with Crippen LogP contribution in [0.2, 0.25) is 5.02 Å². The third kappa shape index (κ3) is 3.60. The van der Waals surface area contributed by atoms with E-state index in [-0.39, 0.29) is 18.0 Å². The van der Waals surface area contributed by atoms with Gasteiger partial charge in [0.1, 0.15) is 5.82 Å². The SMILES string of the molecule is CCn1ncc2c1CCCC2NC(C)C(=O)Nc1ccc(Cl)cn1. The van der Waals surface area contributed by atoms with Gasteiger partial charge in [-0.2, -0.15) is 5.10 Å². The number of carbonyl (C=O) groups excluding carboxylic acids is 1. The van der Waals surface area contributed by atoms with E-state index in [1.54, 1.807) is 12.1 Å². The van der Waals surface area contributed by atoms with Crippen molar-refractivity contribution in [1.82, 2.24) is 20.1 Å². The van der Waals surface area contributed by atoms with Crippen molar-refractivity contribution in [3.05, 3.63) is 40.8 Å². The van der Waals surface area contributed by atoms with Gasteiger partial charge in [0.2, 0.25) is 5.91 Å². The number of nitrogens with one attached hydrogen (secondary N) is 2. The highest BCUT2D eigenvalue weighted by Crippen LogP contribution is 2.30. The Hall–Kier alpha value is -1.92. The molecule has 2 heterocycles. The molecule has 2 aromatic heterocycles. The molecule has 6 nitrogen and oxygen atoms in total.